The number of nitrogens with one attached hydrogen (secondary N) is 1. The molecule has 1 aromatic heterocycles. The van der Waals surface area contributed by atoms with Gasteiger partial charge in [0.15, 0.2) is 17.2 Å². The molecule has 2 unspecified atom stereocenters. The first kappa shape index (κ1) is 27.3. The molecule has 13 heteroatoms. The van der Waals surface area contributed by atoms with E-state index in [-0.39, 0.29) is 23.8 Å². The van der Waals surface area contributed by atoms with Crippen LogP contribution in [0.25, 0.3) is 0 Å². The van der Waals surface area contributed by atoms with Crippen molar-refractivity contribution < 1.29 is 27.5 Å². The van der Waals surface area contributed by atoms with Gasteiger partial charge < -0.3 is 14.5 Å². The minimum atomic E-state index is -2.92. The topological polar surface area (TPSA) is 90.4 Å². The number of carbonyl (C=O) groups excluding carboxylic acids is 2. The fraction of sp³-hybridized carbons (Fsp3) is 0.538. The van der Waals surface area contributed by atoms with E-state index in [1.54, 1.807) is 38.7 Å². The number of allylic oxidation sites excluding steroid dienone is 1. The standard InChI is InChI=1S/C26H30ClF3N6O3/c1-13-6-7-31-18(16-11-26(16,29)30)19(13)36-22-15(10-17(28)20(27)32-22)21(33-23(36)37)35-9-8-34(12-14(35)2)24(38)39-25(3,4)5/h6-7,10,14,16,22H,8-9,11-12H2,1-5H3,(H,33,37)/t14-,16?,22?/m0/s1. The van der Waals surface area contributed by atoms with Gasteiger partial charge in [0.25, 0.3) is 5.92 Å². The van der Waals surface area contributed by atoms with Gasteiger partial charge in [0.05, 0.1) is 17.3 Å². The van der Waals surface area contributed by atoms with Crippen LogP contribution in [0.15, 0.2) is 40.6 Å². The molecule has 9 nitrogen and oxygen atoms in total. The summed E-state index contributed by atoms with van der Waals surface area (Å²) in [5.74, 6) is -4.52. The van der Waals surface area contributed by atoms with Gasteiger partial charge in [-0.25, -0.2) is 27.8 Å². The Morgan fingerprint density at radius 3 is 2.59 bits per heavy atom. The van der Waals surface area contributed by atoms with Gasteiger partial charge in [0.1, 0.15) is 11.4 Å². The molecule has 3 amide bonds. The lowest BCUT2D eigenvalue weighted by atomic mass is 10.0. The summed E-state index contributed by atoms with van der Waals surface area (Å²) >= 11 is 6.07. The van der Waals surface area contributed by atoms with Crippen molar-refractivity contribution in [3.05, 3.63) is 46.8 Å². The van der Waals surface area contributed by atoms with Crippen LogP contribution in [0.1, 0.15) is 51.3 Å². The molecule has 1 aliphatic carbocycles. The van der Waals surface area contributed by atoms with Crippen LogP contribution in [0.3, 0.4) is 0 Å². The van der Waals surface area contributed by atoms with Gasteiger partial charge in [0.2, 0.25) is 0 Å². The zero-order valence-corrected chi connectivity index (χ0v) is 23.0. The number of anilines is 1. The van der Waals surface area contributed by atoms with E-state index in [4.69, 9.17) is 16.3 Å². The number of ether oxygens (including phenoxy) is 1. The fourth-order valence-electron chi connectivity index (χ4n) is 5.13. The number of amides is 3. The highest BCUT2D eigenvalue weighted by molar-refractivity contribution is 6.69. The molecule has 0 bridgehead atoms. The predicted octanol–water partition coefficient (Wildman–Crippen LogP) is 5.03. The van der Waals surface area contributed by atoms with E-state index in [0.29, 0.717) is 36.6 Å². The molecule has 0 radical (unpaired) electrons. The Labute approximate surface area is 229 Å². The number of hydrogen-bond donors (Lipinski definition) is 1. The van der Waals surface area contributed by atoms with Crippen molar-refractivity contribution in [2.75, 3.05) is 24.5 Å². The average Bonchev–Trinajstić information content (AvgIpc) is 3.47. The van der Waals surface area contributed by atoms with E-state index in [1.807, 2.05) is 11.8 Å². The van der Waals surface area contributed by atoms with E-state index in [0.717, 1.165) is 0 Å². The molecular weight excluding hydrogens is 537 g/mol. The number of aromatic nitrogens is 1. The Morgan fingerprint density at radius 2 is 1.97 bits per heavy atom. The smallest absolute Gasteiger partial charge is 0.410 e. The first-order chi connectivity index (χ1) is 18.2. The molecule has 5 rings (SSSR count). The number of piperazine rings is 1. The molecule has 3 aliphatic heterocycles. The van der Waals surface area contributed by atoms with E-state index in [2.05, 4.69) is 15.3 Å². The molecule has 1 saturated carbocycles. The summed E-state index contributed by atoms with van der Waals surface area (Å²) in [6.07, 6.45) is 0.703. The third kappa shape index (κ3) is 5.06. The van der Waals surface area contributed by atoms with Crippen LogP contribution >= 0.6 is 11.6 Å². The maximum atomic E-state index is 14.8. The molecule has 39 heavy (non-hydrogen) atoms. The highest BCUT2D eigenvalue weighted by Crippen LogP contribution is 2.57. The van der Waals surface area contributed by atoms with Gasteiger partial charge in [-0.1, -0.05) is 11.6 Å². The Hall–Kier alpha value is -3.28. The number of pyridine rings is 1. The number of hydrogen-bond acceptors (Lipinski definition) is 6. The molecule has 210 valence electrons. The summed E-state index contributed by atoms with van der Waals surface area (Å²) < 4.78 is 48.5. The van der Waals surface area contributed by atoms with Crippen LogP contribution in [0.5, 0.6) is 0 Å². The quantitative estimate of drug-likeness (QED) is 0.554. The third-order valence-electron chi connectivity index (χ3n) is 7.07. The zero-order valence-electron chi connectivity index (χ0n) is 22.3. The van der Waals surface area contributed by atoms with Crippen molar-refractivity contribution in [3.8, 4) is 0 Å². The van der Waals surface area contributed by atoms with Crippen LogP contribution < -0.4 is 10.2 Å². The van der Waals surface area contributed by atoms with Gasteiger partial charge in [-0.2, -0.15) is 0 Å². The molecule has 4 aliphatic rings. The van der Waals surface area contributed by atoms with Gasteiger partial charge in [-0.15, -0.1) is 0 Å². The number of halogens is 4. The summed E-state index contributed by atoms with van der Waals surface area (Å²) in [5.41, 5.74) is 0.488. The normalized spacial score (nSPS) is 26.5. The van der Waals surface area contributed by atoms with Crippen molar-refractivity contribution in [1.82, 2.24) is 20.1 Å². The van der Waals surface area contributed by atoms with Crippen LogP contribution in [-0.4, -0.2) is 75.4 Å². The molecule has 0 spiro atoms. The zero-order chi connectivity index (χ0) is 28.4. The second-order valence-electron chi connectivity index (χ2n) is 11.2. The molecule has 0 aromatic carbocycles. The van der Waals surface area contributed by atoms with Crippen LogP contribution in [0, 0.1) is 6.92 Å². The third-order valence-corrected chi connectivity index (χ3v) is 7.35. The Morgan fingerprint density at radius 1 is 1.28 bits per heavy atom. The average molecular weight is 567 g/mol. The second kappa shape index (κ2) is 9.42. The second-order valence-corrected chi connectivity index (χ2v) is 11.6. The van der Waals surface area contributed by atoms with Crippen molar-refractivity contribution in [2.24, 2.45) is 4.99 Å². The largest absolute Gasteiger partial charge is 0.444 e. The molecular formula is C26H30ClF3N6O3. The number of nitrogens with zero attached hydrogens (tertiary/aromatic N) is 5. The fourth-order valence-corrected chi connectivity index (χ4v) is 5.28. The van der Waals surface area contributed by atoms with E-state index < -0.39 is 46.7 Å². The first-order valence-electron chi connectivity index (χ1n) is 12.7. The summed E-state index contributed by atoms with van der Waals surface area (Å²) in [5, 5.41) is 2.41. The minimum Gasteiger partial charge on any atom is -0.444 e. The van der Waals surface area contributed by atoms with Crippen LogP contribution in [0.2, 0.25) is 0 Å². The maximum absolute atomic E-state index is 14.8. The van der Waals surface area contributed by atoms with Crippen molar-refractivity contribution in [3.63, 3.8) is 0 Å². The van der Waals surface area contributed by atoms with Crippen molar-refractivity contribution in [1.29, 1.82) is 0 Å². The predicted molar refractivity (Wildman–Crippen MR) is 140 cm³/mol. The van der Waals surface area contributed by atoms with Gasteiger partial charge in [-0.05, 0) is 52.3 Å². The van der Waals surface area contributed by atoms with Crippen molar-refractivity contribution in [2.45, 2.75) is 70.7 Å². The number of dihydropyridines is 1. The van der Waals surface area contributed by atoms with Gasteiger partial charge in [-0.3, -0.25) is 15.2 Å². The lowest BCUT2D eigenvalue weighted by Crippen LogP contribution is -2.60. The number of urea groups is 1. The van der Waals surface area contributed by atoms with E-state index >= 15 is 0 Å². The summed E-state index contributed by atoms with van der Waals surface area (Å²) in [7, 11) is 0. The van der Waals surface area contributed by atoms with Crippen LogP contribution in [-0.2, 0) is 4.74 Å². The molecule has 1 N–H and O–H groups in total. The van der Waals surface area contributed by atoms with Gasteiger partial charge >= 0.3 is 12.1 Å². The minimum absolute atomic E-state index is 0.0821. The van der Waals surface area contributed by atoms with Crippen LogP contribution in [0.4, 0.5) is 28.4 Å². The monoisotopic (exact) mass is 566 g/mol. The van der Waals surface area contributed by atoms with Gasteiger partial charge in [0, 0.05) is 43.9 Å². The number of aliphatic imine (C=N–C) groups is 1. The highest BCUT2D eigenvalue weighted by Gasteiger charge is 2.60. The molecule has 3 atom stereocenters. The summed E-state index contributed by atoms with van der Waals surface area (Å²) in [6, 6.07) is 0.708. The maximum Gasteiger partial charge on any atom is 0.410 e. The Kier molecular flexibility index (Phi) is 6.60. The van der Waals surface area contributed by atoms with E-state index in [9.17, 15) is 22.8 Å². The molecule has 1 aromatic rings. The number of aryl methyl sites for hydroxylation is 1. The SMILES string of the molecule is Cc1ccnc(C2CC2(F)F)c1N1C(=O)NC(N2CCN(C(=O)OC(C)(C)C)C[C@@H]2C)=C2C=C(F)C(Cl)=NC21. The summed E-state index contributed by atoms with van der Waals surface area (Å²) in [6.45, 7) is 9.85. The van der Waals surface area contributed by atoms with E-state index in [1.165, 1.54) is 17.2 Å². The Balaban J connectivity index is 1.51. The number of alkyl halides is 2. The number of rotatable bonds is 3. The molecule has 1 saturated heterocycles. The molecule has 4 heterocycles. The highest BCUT2D eigenvalue weighted by atomic mass is 35.5. The lowest BCUT2D eigenvalue weighted by molar-refractivity contribution is 0.00925. The molecule has 2 fully saturated rings. The number of fused-ring (bicyclic) bond motifs is 1. The van der Waals surface area contributed by atoms with Crippen molar-refractivity contribution >= 4 is 34.6 Å². The number of carbonyl (C=O) groups is 2. The summed E-state index contributed by atoms with van der Waals surface area (Å²) in [4.78, 5) is 39.4. The first-order valence-corrected chi connectivity index (χ1v) is 13.1. The Bertz CT molecular complexity index is 1320. The lowest BCUT2D eigenvalue weighted by Gasteiger charge is -2.46.